The number of carbonyl (C=O) groups is 1. The van der Waals surface area contributed by atoms with Gasteiger partial charge >= 0.3 is 0 Å². The van der Waals surface area contributed by atoms with Gasteiger partial charge < -0.3 is 5.32 Å². The number of benzene rings is 2. The number of nitrogens with one attached hydrogen (secondary N) is 1. The highest BCUT2D eigenvalue weighted by atomic mass is 16.1. The van der Waals surface area contributed by atoms with E-state index in [1.807, 2.05) is 67.7 Å². The van der Waals surface area contributed by atoms with Crippen molar-refractivity contribution in [3.63, 3.8) is 0 Å². The third kappa shape index (κ3) is 4.47. The molecule has 1 unspecified atom stereocenters. The van der Waals surface area contributed by atoms with E-state index in [-0.39, 0.29) is 11.9 Å². The maximum atomic E-state index is 12.3. The van der Waals surface area contributed by atoms with Crippen LogP contribution in [0.5, 0.6) is 0 Å². The Kier molecular flexibility index (Phi) is 5.29. The minimum atomic E-state index is -0.162. The van der Waals surface area contributed by atoms with E-state index in [2.05, 4.69) is 20.5 Å². The second-order valence-electron chi connectivity index (χ2n) is 6.55. The number of hydrogen-bond acceptors (Lipinski definition) is 4. The number of para-hydroxylation sites is 1. The van der Waals surface area contributed by atoms with E-state index in [1.54, 1.807) is 28.0 Å². The molecule has 0 saturated carbocycles. The normalized spacial score (nSPS) is 12.2. The first-order valence-electron chi connectivity index (χ1n) is 9.23. The Hall–Kier alpha value is -4.00. The maximum Gasteiger partial charge on any atom is 0.244 e. The van der Waals surface area contributed by atoms with Gasteiger partial charge in [-0.25, -0.2) is 14.3 Å². The molecule has 0 bridgehead atoms. The Morgan fingerprint density at radius 1 is 1.00 bits per heavy atom. The van der Waals surface area contributed by atoms with Crippen LogP contribution < -0.4 is 5.32 Å². The van der Waals surface area contributed by atoms with Gasteiger partial charge in [0.2, 0.25) is 5.91 Å². The van der Waals surface area contributed by atoms with Gasteiger partial charge in [-0.3, -0.25) is 4.79 Å². The lowest BCUT2D eigenvalue weighted by Crippen LogP contribution is -2.24. The highest BCUT2D eigenvalue weighted by Crippen LogP contribution is 2.15. The summed E-state index contributed by atoms with van der Waals surface area (Å²) in [5, 5.41) is 11.4. The Balaban J connectivity index is 1.36. The molecule has 0 aliphatic rings. The summed E-state index contributed by atoms with van der Waals surface area (Å²) in [6.07, 6.45) is 10.0. The Labute approximate surface area is 168 Å². The lowest BCUT2D eigenvalue weighted by atomic mass is 10.1. The minimum absolute atomic E-state index is 0.121. The van der Waals surface area contributed by atoms with Gasteiger partial charge in [-0.1, -0.05) is 30.3 Å². The zero-order valence-electron chi connectivity index (χ0n) is 15.9. The molecule has 1 N–H and O–H groups in total. The molecule has 4 aromatic rings. The highest BCUT2D eigenvalue weighted by molar-refractivity contribution is 5.91. The van der Waals surface area contributed by atoms with Gasteiger partial charge in [0, 0.05) is 17.8 Å². The van der Waals surface area contributed by atoms with Crippen LogP contribution in [-0.4, -0.2) is 30.5 Å². The second kappa shape index (κ2) is 8.35. The average molecular weight is 384 g/mol. The van der Waals surface area contributed by atoms with Crippen molar-refractivity contribution < 1.29 is 4.79 Å². The molecule has 2 heterocycles. The fraction of sp³-hybridized carbons (Fsp3) is 0.0909. The molecule has 1 amide bonds. The number of aromatic nitrogens is 5. The van der Waals surface area contributed by atoms with Gasteiger partial charge in [-0.15, -0.1) is 0 Å². The van der Waals surface area contributed by atoms with Gasteiger partial charge in [-0.2, -0.15) is 10.2 Å². The van der Waals surface area contributed by atoms with Crippen LogP contribution in [0.4, 0.5) is 0 Å². The standard InChI is InChI=1S/C22H20N6O/c1-17(19-8-10-21(11-9-19)28-16-23-15-25-28)26-22(29)12-7-18-13-24-27(14-18)20-5-3-2-4-6-20/h2-17H,1H3,(H,26,29)/b12-7+. The molecule has 29 heavy (non-hydrogen) atoms. The van der Waals surface area contributed by atoms with Crippen molar-refractivity contribution in [2.45, 2.75) is 13.0 Å². The van der Waals surface area contributed by atoms with Crippen LogP contribution in [0.2, 0.25) is 0 Å². The summed E-state index contributed by atoms with van der Waals surface area (Å²) in [6.45, 7) is 1.95. The van der Waals surface area contributed by atoms with Gasteiger partial charge in [0.1, 0.15) is 12.7 Å². The average Bonchev–Trinajstić information content (AvgIpc) is 3.45. The fourth-order valence-corrected chi connectivity index (χ4v) is 2.92. The quantitative estimate of drug-likeness (QED) is 0.517. The smallest absolute Gasteiger partial charge is 0.244 e. The summed E-state index contributed by atoms with van der Waals surface area (Å²) >= 11 is 0. The molecule has 0 fully saturated rings. The lowest BCUT2D eigenvalue weighted by Gasteiger charge is -2.13. The van der Waals surface area contributed by atoms with E-state index >= 15 is 0 Å². The molecule has 0 saturated heterocycles. The zero-order valence-corrected chi connectivity index (χ0v) is 15.9. The van der Waals surface area contributed by atoms with Crippen LogP contribution in [0.3, 0.4) is 0 Å². The van der Waals surface area contributed by atoms with Crippen molar-refractivity contribution in [3.8, 4) is 11.4 Å². The number of rotatable bonds is 6. The summed E-state index contributed by atoms with van der Waals surface area (Å²) in [5.41, 5.74) is 3.75. The molecular formula is C22H20N6O. The summed E-state index contributed by atoms with van der Waals surface area (Å²) in [4.78, 5) is 16.2. The van der Waals surface area contributed by atoms with Crippen LogP contribution in [0.1, 0.15) is 24.1 Å². The van der Waals surface area contributed by atoms with Crippen molar-refractivity contribution in [2.75, 3.05) is 0 Å². The molecule has 2 aromatic heterocycles. The lowest BCUT2D eigenvalue weighted by molar-refractivity contribution is -0.117. The van der Waals surface area contributed by atoms with Crippen molar-refractivity contribution >= 4 is 12.0 Å². The maximum absolute atomic E-state index is 12.3. The third-order valence-electron chi connectivity index (χ3n) is 4.49. The first-order valence-corrected chi connectivity index (χ1v) is 9.23. The Morgan fingerprint density at radius 2 is 1.76 bits per heavy atom. The molecular weight excluding hydrogens is 364 g/mol. The molecule has 0 radical (unpaired) electrons. The Morgan fingerprint density at radius 3 is 2.48 bits per heavy atom. The SMILES string of the molecule is CC(NC(=O)/C=C/c1cnn(-c2ccccc2)c1)c1ccc(-n2cncn2)cc1. The zero-order chi connectivity index (χ0) is 20.1. The predicted octanol–water partition coefficient (Wildman–Crippen LogP) is 3.34. The molecule has 144 valence electrons. The molecule has 7 nitrogen and oxygen atoms in total. The first kappa shape index (κ1) is 18.4. The van der Waals surface area contributed by atoms with Gasteiger partial charge in [-0.05, 0) is 42.8 Å². The molecule has 0 spiro atoms. The number of amides is 1. The van der Waals surface area contributed by atoms with Crippen LogP contribution in [0.25, 0.3) is 17.5 Å². The van der Waals surface area contributed by atoms with Gasteiger partial charge in [0.15, 0.2) is 0 Å². The number of carbonyl (C=O) groups excluding carboxylic acids is 1. The van der Waals surface area contributed by atoms with Gasteiger partial charge in [0.25, 0.3) is 0 Å². The topological polar surface area (TPSA) is 77.6 Å². The summed E-state index contributed by atoms with van der Waals surface area (Å²) < 4.78 is 3.46. The van der Waals surface area contributed by atoms with Crippen molar-refractivity contribution in [1.82, 2.24) is 29.9 Å². The van der Waals surface area contributed by atoms with Crippen molar-refractivity contribution in [3.05, 3.63) is 96.8 Å². The van der Waals surface area contributed by atoms with Crippen LogP contribution in [0, 0.1) is 0 Å². The van der Waals surface area contributed by atoms with E-state index < -0.39 is 0 Å². The first-order chi connectivity index (χ1) is 14.2. The van der Waals surface area contributed by atoms with E-state index in [1.165, 1.54) is 12.4 Å². The minimum Gasteiger partial charge on any atom is -0.346 e. The van der Waals surface area contributed by atoms with Crippen molar-refractivity contribution in [1.29, 1.82) is 0 Å². The van der Waals surface area contributed by atoms with E-state index in [9.17, 15) is 4.79 Å². The van der Waals surface area contributed by atoms with Crippen molar-refractivity contribution in [2.24, 2.45) is 0 Å². The van der Waals surface area contributed by atoms with Crippen LogP contribution >= 0.6 is 0 Å². The monoisotopic (exact) mass is 384 g/mol. The molecule has 7 heteroatoms. The summed E-state index contributed by atoms with van der Waals surface area (Å²) in [7, 11) is 0. The largest absolute Gasteiger partial charge is 0.346 e. The predicted molar refractivity (Wildman–Crippen MR) is 111 cm³/mol. The van der Waals surface area contributed by atoms with Crippen LogP contribution in [-0.2, 0) is 4.79 Å². The number of nitrogens with zero attached hydrogens (tertiary/aromatic N) is 5. The van der Waals surface area contributed by atoms with E-state index in [0.717, 1.165) is 22.5 Å². The van der Waals surface area contributed by atoms with Gasteiger partial charge in [0.05, 0.1) is 23.6 Å². The number of hydrogen-bond donors (Lipinski definition) is 1. The van der Waals surface area contributed by atoms with E-state index in [4.69, 9.17) is 0 Å². The molecule has 0 aliphatic carbocycles. The molecule has 1 atom stereocenters. The fourth-order valence-electron chi connectivity index (χ4n) is 2.92. The second-order valence-corrected chi connectivity index (χ2v) is 6.55. The molecule has 2 aromatic carbocycles. The van der Waals surface area contributed by atoms with E-state index in [0.29, 0.717) is 0 Å². The molecule has 4 rings (SSSR count). The Bertz CT molecular complexity index is 1100. The van der Waals surface area contributed by atoms with Crippen LogP contribution in [0.15, 0.2) is 85.7 Å². The molecule has 0 aliphatic heterocycles. The summed E-state index contributed by atoms with van der Waals surface area (Å²) in [6, 6.07) is 17.5. The third-order valence-corrected chi connectivity index (χ3v) is 4.49. The highest BCUT2D eigenvalue weighted by Gasteiger charge is 2.08. The summed E-state index contributed by atoms with van der Waals surface area (Å²) in [5.74, 6) is -0.162.